The van der Waals surface area contributed by atoms with Crippen molar-refractivity contribution in [3.05, 3.63) is 35.2 Å². The van der Waals surface area contributed by atoms with Crippen molar-refractivity contribution in [3.8, 4) is 0 Å². The molecule has 4 heteroatoms. The van der Waals surface area contributed by atoms with Gasteiger partial charge in [0.05, 0.1) is 13.0 Å². The molecule has 1 aromatic carbocycles. The maximum atomic E-state index is 11.2. The van der Waals surface area contributed by atoms with Crippen LogP contribution in [0.2, 0.25) is 0 Å². The van der Waals surface area contributed by atoms with E-state index < -0.39 is 0 Å². The zero-order valence-corrected chi connectivity index (χ0v) is 11.3. The van der Waals surface area contributed by atoms with Crippen LogP contribution in [-0.2, 0) is 16.1 Å². The van der Waals surface area contributed by atoms with Crippen molar-refractivity contribution in [1.82, 2.24) is 5.32 Å². The van der Waals surface area contributed by atoms with Crippen molar-refractivity contribution in [2.45, 2.75) is 19.9 Å². The van der Waals surface area contributed by atoms with Crippen LogP contribution in [0.5, 0.6) is 0 Å². The molecule has 2 aromatic rings. The average molecular weight is 263 g/mol. The summed E-state index contributed by atoms with van der Waals surface area (Å²) in [6, 6.07) is 8.37. The first-order valence-corrected chi connectivity index (χ1v) is 7.00. The second-order valence-corrected chi connectivity index (χ2v) is 4.90. The van der Waals surface area contributed by atoms with E-state index in [0.29, 0.717) is 19.6 Å². The third kappa shape index (κ3) is 3.31. The SMILES string of the molecule is CCOC(=O)CCNCc1csc2ccccc12. The topological polar surface area (TPSA) is 38.3 Å². The molecule has 96 valence electrons. The van der Waals surface area contributed by atoms with Crippen molar-refractivity contribution in [2.24, 2.45) is 0 Å². The summed E-state index contributed by atoms with van der Waals surface area (Å²) in [5, 5.41) is 6.74. The van der Waals surface area contributed by atoms with Crippen molar-refractivity contribution >= 4 is 27.4 Å². The highest BCUT2D eigenvalue weighted by Crippen LogP contribution is 2.25. The van der Waals surface area contributed by atoms with E-state index in [9.17, 15) is 4.79 Å². The summed E-state index contributed by atoms with van der Waals surface area (Å²) in [5.41, 5.74) is 1.29. The molecule has 1 heterocycles. The van der Waals surface area contributed by atoms with Gasteiger partial charge >= 0.3 is 5.97 Å². The van der Waals surface area contributed by atoms with Gasteiger partial charge in [-0.2, -0.15) is 0 Å². The fourth-order valence-electron chi connectivity index (χ4n) is 1.82. The van der Waals surface area contributed by atoms with Crippen molar-refractivity contribution < 1.29 is 9.53 Å². The van der Waals surface area contributed by atoms with E-state index in [2.05, 4.69) is 35.0 Å². The summed E-state index contributed by atoms with van der Waals surface area (Å²) in [5.74, 6) is -0.139. The molecule has 0 aliphatic heterocycles. The molecular formula is C14H17NO2S. The van der Waals surface area contributed by atoms with Crippen LogP contribution < -0.4 is 5.32 Å². The summed E-state index contributed by atoms with van der Waals surface area (Å²) in [7, 11) is 0. The van der Waals surface area contributed by atoms with Gasteiger partial charge in [-0.1, -0.05) is 18.2 Å². The van der Waals surface area contributed by atoms with Gasteiger partial charge in [0.15, 0.2) is 0 Å². The molecule has 1 aromatic heterocycles. The number of carbonyl (C=O) groups is 1. The number of hydrogen-bond donors (Lipinski definition) is 1. The Labute approximate surface area is 111 Å². The first kappa shape index (κ1) is 13.1. The first-order chi connectivity index (χ1) is 8.81. The normalized spacial score (nSPS) is 10.7. The molecule has 1 N–H and O–H groups in total. The highest BCUT2D eigenvalue weighted by Gasteiger charge is 2.04. The molecule has 0 bridgehead atoms. The molecule has 2 rings (SSSR count). The second-order valence-electron chi connectivity index (χ2n) is 3.99. The fourth-order valence-corrected chi connectivity index (χ4v) is 2.78. The average Bonchev–Trinajstić information content (AvgIpc) is 2.78. The van der Waals surface area contributed by atoms with Crippen LogP contribution in [0.1, 0.15) is 18.9 Å². The number of hydrogen-bond acceptors (Lipinski definition) is 4. The highest BCUT2D eigenvalue weighted by molar-refractivity contribution is 7.17. The summed E-state index contributed by atoms with van der Waals surface area (Å²) in [6.45, 7) is 3.73. The number of thiophene rings is 1. The van der Waals surface area contributed by atoms with Crippen molar-refractivity contribution in [1.29, 1.82) is 0 Å². The number of nitrogens with one attached hydrogen (secondary N) is 1. The van der Waals surface area contributed by atoms with Crippen LogP contribution in [-0.4, -0.2) is 19.1 Å². The molecule has 0 fully saturated rings. The van der Waals surface area contributed by atoms with Gasteiger partial charge in [0, 0.05) is 17.8 Å². The number of carbonyl (C=O) groups excluding carboxylic acids is 1. The molecule has 0 atom stereocenters. The van der Waals surface area contributed by atoms with Gasteiger partial charge in [0.2, 0.25) is 0 Å². The Hall–Kier alpha value is -1.39. The Morgan fingerprint density at radius 3 is 3.06 bits per heavy atom. The lowest BCUT2D eigenvalue weighted by Crippen LogP contribution is -2.18. The minimum atomic E-state index is -0.139. The van der Waals surface area contributed by atoms with E-state index in [1.54, 1.807) is 11.3 Å². The Balaban J connectivity index is 1.82. The monoisotopic (exact) mass is 263 g/mol. The molecule has 0 radical (unpaired) electrons. The molecule has 18 heavy (non-hydrogen) atoms. The molecule has 0 aliphatic carbocycles. The Bertz CT molecular complexity index is 521. The van der Waals surface area contributed by atoms with Gasteiger partial charge in [0.1, 0.15) is 0 Å². The minimum Gasteiger partial charge on any atom is -0.466 e. The molecular weight excluding hydrogens is 246 g/mol. The van der Waals surface area contributed by atoms with Gasteiger partial charge in [-0.05, 0) is 29.3 Å². The molecule has 0 saturated carbocycles. The fraction of sp³-hybridized carbons (Fsp3) is 0.357. The lowest BCUT2D eigenvalue weighted by Gasteiger charge is -2.04. The number of rotatable bonds is 6. The third-order valence-corrected chi connectivity index (χ3v) is 3.70. The molecule has 0 aliphatic rings. The van der Waals surface area contributed by atoms with Gasteiger partial charge in [-0.15, -0.1) is 11.3 Å². The number of fused-ring (bicyclic) bond motifs is 1. The number of ether oxygens (including phenoxy) is 1. The molecule has 0 spiro atoms. The van der Waals surface area contributed by atoms with Gasteiger partial charge < -0.3 is 10.1 Å². The number of esters is 1. The van der Waals surface area contributed by atoms with Crippen LogP contribution in [0.25, 0.3) is 10.1 Å². The summed E-state index contributed by atoms with van der Waals surface area (Å²) < 4.78 is 6.18. The maximum absolute atomic E-state index is 11.2. The van der Waals surface area contributed by atoms with Gasteiger partial charge in [-0.25, -0.2) is 0 Å². The summed E-state index contributed by atoms with van der Waals surface area (Å²) >= 11 is 1.75. The number of benzene rings is 1. The predicted octanol–water partition coefficient (Wildman–Crippen LogP) is 2.94. The Morgan fingerprint density at radius 1 is 1.39 bits per heavy atom. The molecule has 3 nitrogen and oxygen atoms in total. The van der Waals surface area contributed by atoms with Crippen LogP contribution in [0.4, 0.5) is 0 Å². The van der Waals surface area contributed by atoms with Crippen molar-refractivity contribution in [2.75, 3.05) is 13.2 Å². The smallest absolute Gasteiger partial charge is 0.307 e. The standard InChI is InChI=1S/C14H17NO2S/c1-2-17-14(16)7-8-15-9-11-10-18-13-6-4-3-5-12(11)13/h3-6,10,15H,2,7-9H2,1H3. The zero-order valence-electron chi connectivity index (χ0n) is 10.4. The largest absolute Gasteiger partial charge is 0.466 e. The third-order valence-electron chi connectivity index (χ3n) is 2.69. The summed E-state index contributed by atoms with van der Waals surface area (Å²) in [6.07, 6.45) is 0.426. The van der Waals surface area contributed by atoms with E-state index in [0.717, 1.165) is 6.54 Å². The molecule has 0 amide bonds. The predicted molar refractivity (Wildman–Crippen MR) is 74.8 cm³/mol. The van der Waals surface area contributed by atoms with Crippen LogP contribution in [0.15, 0.2) is 29.6 Å². The Morgan fingerprint density at radius 2 is 2.22 bits per heavy atom. The van der Waals surface area contributed by atoms with E-state index in [-0.39, 0.29) is 5.97 Å². The van der Waals surface area contributed by atoms with E-state index in [4.69, 9.17) is 4.74 Å². The van der Waals surface area contributed by atoms with E-state index in [1.807, 2.05) is 6.92 Å². The van der Waals surface area contributed by atoms with E-state index >= 15 is 0 Å². The summed E-state index contributed by atoms with van der Waals surface area (Å²) in [4.78, 5) is 11.2. The second kappa shape index (κ2) is 6.52. The van der Waals surface area contributed by atoms with Crippen molar-refractivity contribution in [3.63, 3.8) is 0 Å². The lowest BCUT2D eigenvalue weighted by atomic mass is 10.2. The quantitative estimate of drug-likeness (QED) is 0.643. The van der Waals surface area contributed by atoms with Gasteiger partial charge in [0.25, 0.3) is 0 Å². The molecule has 0 unspecified atom stereocenters. The van der Waals surface area contributed by atoms with Crippen LogP contribution in [0.3, 0.4) is 0 Å². The van der Waals surface area contributed by atoms with Gasteiger partial charge in [-0.3, -0.25) is 4.79 Å². The molecule has 0 saturated heterocycles. The lowest BCUT2D eigenvalue weighted by molar-refractivity contribution is -0.142. The minimum absolute atomic E-state index is 0.139. The van der Waals surface area contributed by atoms with E-state index in [1.165, 1.54) is 15.6 Å². The highest BCUT2D eigenvalue weighted by atomic mass is 32.1. The van der Waals surface area contributed by atoms with Crippen LogP contribution >= 0.6 is 11.3 Å². The zero-order chi connectivity index (χ0) is 12.8. The van der Waals surface area contributed by atoms with Crippen LogP contribution in [0, 0.1) is 0 Å². The maximum Gasteiger partial charge on any atom is 0.307 e. The Kier molecular flexibility index (Phi) is 4.73. The first-order valence-electron chi connectivity index (χ1n) is 6.12.